The molecule has 1 N–H and O–H groups in total. The quantitative estimate of drug-likeness (QED) is 0.919. The Morgan fingerprint density at radius 3 is 2.56 bits per heavy atom. The molecule has 0 amide bonds. The van der Waals surface area contributed by atoms with Gasteiger partial charge in [-0.2, -0.15) is 4.31 Å². The number of nitrogens with zero attached hydrogens (tertiary/aromatic N) is 1. The summed E-state index contributed by atoms with van der Waals surface area (Å²) in [6, 6.07) is 0.0101. The van der Waals surface area contributed by atoms with Crippen LogP contribution in [0, 0.1) is 6.92 Å². The molecule has 1 fully saturated rings. The van der Waals surface area contributed by atoms with Crippen molar-refractivity contribution < 1.29 is 18.3 Å². The molecule has 0 radical (unpaired) electrons. The van der Waals surface area contributed by atoms with E-state index in [2.05, 4.69) is 0 Å². The minimum atomic E-state index is -3.70. The summed E-state index contributed by atoms with van der Waals surface area (Å²) in [5, 5.41) is 10.6. The van der Waals surface area contributed by atoms with Crippen molar-refractivity contribution >= 4 is 27.3 Å². The van der Waals surface area contributed by atoms with E-state index in [0.29, 0.717) is 5.56 Å². The number of aromatic carboxylic acids is 1. The number of hydrogen-bond acceptors (Lipinski definition) is 4. The van der Waals surface area contributed by atoms with Gasteiger partial charge in [-0.25, -0.2) is 13.2 Å². The third-order valence-corrected chi connectivity index (χ3v) is 6.65. The van der Waals surface area contributed by atoms with Crippen LogP contribution in [0.2, 0.25) is 0 Å². The zero-order valence-corrected chi connectivity index (χ0v) is 11.8. The first-order valence-corrected chi connectivity index (χ1v) is 7.97. The van der Waals surface area contributed by atoms with E-state index in [1.165, 1.54) is 11.4 Å². The molecule has 0 unspecified atom stereocenters. The molecule has 0 bridgehead atoms. The van der Waals surface area contributed by atoms with Gasteiger partial charge in [0.2, 0.25) is 10.0 Å². The van der Waals surface area contributed by atoms with E-state index in [0.717, 1.165) is 30.6 Å². The fourth-order valence-electron chi connectivity index (χ4n) is 1.99. The van der Waals surface area contributed by atoms with Crippen molar-refractivity contribution in [3.05, 3.63) is 15.8 Å². The van der Waals surface area contributed by atoms with E-state index in [-0.39, 0.29) is 15.8 Å². The molecule has 0 aromatic carbocycles. The summed E-state index contributed by atoms with van der Waals surface area (Å²) in [5.74, 6) is -1.19. The fourth-order valence-corrected chi connectivity index (χ4v) is 4.99. The van der Waals surface area contributed by atoms with Crippen LogP contribution in [-0.2, 0) is 10.0 Å². The Balaban J connectivity index is 2.46. The Morgan fingerprint density at radius 2 is 2.11 bits per heavy atom. The molecule has 7 heteroatoms. The maximum Gasteiger partial charge on any atom is 0.347 e. The highest BCUT2D eigenvalue weighted by atomic mass is 32.2. The van der Waals surface area contributed by atoms with E-state index in [4.69, 9.17) is 5.11 Å². The lowest BCUT2D eigenvalue weighted by atomic mass is 9.94. The van der Waals surface area contributed by atoms with Gasteiger partial charge in [0.1, 0.15) is 9.77 Å². The predicted molar refractivity (Wildman–Crippen MR) is 68.6 cm³/mol. The minimum Gasteiger partial charge on any atom is -0.477 e. The van der Waals surface area contributed by atoms with Crippen molar-refractivity contribution in [2.24, 2.45) is 0 Å². The summed E-state index contributed by atoms with van der Waals surface area (Å²) in [4.78, 5) is 10.9. The van der Waals surface area contributed by atoms with Gasteiger partial charge >= 0.3 is 5.97 Å². The number of rotatable bonds is 4. The van der Waals surface area contributed by atoms with Crippen molar-refractivity contribution in [3.63, 3.8) is 0 Å². The first-order chi connectivity index (χ1) is 8.35. The molecule has 0 atom stereocenters. The lowest BCUT2D eigenvalue weighted by Crippen LogP contribution is -2.41. The maximum atomic E-state index is 12.4. The molecule has 0 saturated heterocycles. The number of hydrogen-bond donors (Lipinski definition) is 1. The first kappa shape index (κ1) is 13.5. The molecule has 0 aliphatic heterocycles. The van der Waals surface area contributed by atoms with E-state index < -0.39 is 16.0 Å². The largest absolute Gasteiger partial charge is 0.477 e. The molecule has 1 aliphatic rings. The van der Waals surface area contributed by atoms with Gasteiger partial charge in [0.15, 0.2) is 0 Å². The van der Waals surface area contributed by atoms with Crippen LogP contribution in [0.15, 0.2) is 10.3 Å². The van der Waals surface area contributed by atoms with Crippen LogP contribution < -0.4 is 0 Å². The van der Waals surface area contributed by atoms with Gasteiger partial charge in [-0.15, -0.1) is 11.3 Å². The molecular weight excluding hydrogens is 274 g/mol. The molecule has 1 aromatic heterocycles. The van der Waals surface area contributed by atoms with Gasteiger partial charge in [0.05, 0.1) is 0 Å². The molecule has 18 heavy (non-hydrogen) atoms. The highest BCUT2D eigenvalue weighted by Crippen LogP contribution is 2.33. The smallest absolute Gasteiger partial charge is 0.347 e. The zero-order valence-electron chi connectivity index (χ0n) is 10.2. The minimum absolute atomic E-state index is 0.0101. The predicted octanol–water partition coefficient (Wildman–Crippen LogP) is 1.93. The van der Waals surface area contributed by atoms with E-state index >= 15 is 0 Å². The summed E-state index contributed by atoms with van der Waals surface area (Å²) in [7, 11) is -2.17. The van der Waals surface area contributed by atoms with Crippen LogP contribution in [0.3, 0.4) is 0 Å². The van der Waals surface area contributed by atoms with Crippen LogP contribution >= 0.6 is 11.3 Å². The lowest BCUT2D eigenvalue weighted by molar-refractivity contribution is 0.0698. The normalized spacial score (nSPS) is 16.8. The van der Waals surface area contributed by atoms with E-state index in [9.17, 15) is 13.2 Å². The van der Waals surface area contributed by atoms with Crippen molar-refractivity contribution in [3.8, 4) is 0 Å². The monoisotopic (exact) mass is 289 g/mol. The Morgan fingerprint density at radius 1 is 1.50 bits per heavy atom. The Labute approximate surface area is 110 Å². The summed E-state index contributed by atoms with van der Waals surface area (Å²) >= 11 is 0.961. The van der Waals surface area contributed by atoms with Crippen molar-refractivity contribution in [1.82, 2.24) is 4.31 Å². The fraction of sp³-hybridized carbons (Fsp3) is 0.545. The van der Waals surface area contributed by atoms with Crippen LogP contribution in [-0.4, -0.2) is 36.9 Å². The second kappa shape index (κ2) is 4.64. The van der Waals surface area contributed by atoms with E-state index in [1.54, 1.807) is 12.3 Å². The van der Waals surface area contributed by atoms with E-state index in [1.807, 2.05) is 0 Å². The molecular formula is C11H15NO4S2. The molecule has 0 spiro atoms. The molecule has 2 rings (SSSR count). The van der Waals surface area contributed by atoms with Crippen LogP contribution in [0.25, 0.3) is 0 Å². The van der Waals surface area contributed by atoms with Gasteiger partial charge in [-0.3, -0.25) is 0 Å². The molecule has 1 heterocycles. The Bertz CT molecular complexity index is 572. The van der Waals surface area contributed by atoms with Crippen molar-refractivity contribution in [2.45, 2.75) is 37.1 Å². The Hall–Kier alpha value is -0.920. The molecule has 100 valence electrons. The summed E-state index contributed by atoms with van der Waals surface area (Å²) in [6.07, 6.45) is 2.72. The zero-order chi connectivity index (χ0) is 13.5. The highest BCUT2D eigenvalue weighted by Gasteiger charge is 2.36. The molecule has 5 nitrogen and oxygen atoms in total. The molecule has 1 aliphatic carbocycles. The number of carboxylic acid groups (broad SMARTS) is 1. The number of thiophene rings is 1. The standard InChI is InChI=1S/C11H15NO4S2/c1-7-6-17-9(11(13)14)10(7)18(15,16)12(2)8-4-3-5-8/h6,8H,3-5H2,1-2H3,(H,13,14). The van der Waals surface area contributed by atoms with Crippen LogP contribution in [0.1, 0.15) is 34.5 Å². The van der Waals surface area contributed by atoms with Crippen LogP contribution in [0.4, 0.5) is 0 Å². The number of sulfonamides is 1. The summed E-state index contributed by atoms with van der Waals surface area (Å²) in [5.41, 5.74) is 0.503. The second-order valence-electron chi connectivity index (χ2n) is 4.49. The highest BCUT2D eigenvalue weighted by molar-refractivity contribution is 7.89. The number of aryl methyl sites for hydroxylation is 1. The first-order valence-electron chi connectivity index (χ1n) is 5.65. The average Bonchev–Trinajstić information content (AvgIpc) is 2.57. The third-order valence-electron chi connectivity index (χ3n) is 3.34. The van der Waals surface area contributed by atoms with Gasteiger partial charge < -0.3 is 5.11 Å². The van der Waals surface area contributed by atoms with Gasteiger partial charge in [0.25, 0.3) is 0 Å². The van der Waals surface area contributed by atoms with Crippen LogP contribution in [0.5, 0.6) is 0 Å². The number of carboxylic acids is 1. The van der Waals surface area contributed by atoms with Crippen molar-refractivity contribution in [2.75, 3.05) is 7.05 Å². The van der Waals surface area contributed by atoms with Gasteiger partial charge in [-0.05, 0) is 30.7 Å². The second-order valence-corrected chi connectivity index (χ2v) is 7.30. The average molecular weight is 289 g/mol. The van der Waals surface area contributed by atoms with Gasteiger partial charge in [-0.1, -0.05) is 6.42 Å². The Kier molecular flexibility index (Phi) is 3.48. The van der Waals surface area contributed by atoms with Crippen molar-refractivity contribution in [1.29, 1.82) is 0 Å². The topological polar surface area (TPSA) is 74.7 Å². The molecule has 1 saturated carbocycles. The summed E-state index contributed by atoms with van der Waals surface area (Å²) in [6.45, 7) is 1.63. The number of carbonyl (C=O) groups is 1. The SMILES string of the molecule is Cc1csc(C(=O)O)c1S(=O)(=O)N(C)C1CCC1. The lowest BCUT2D eigenvalue weighted by Gasteiger charge is -2.33. The summed E-state index contributed by atoms with van der Waals surface area (Å²) < 4.78 is 26.2. The maximum absolute atomic E-state index is 12.4. The molecule has 1 aromatic rings. The third kappa shape index (κ3) is 2.06. The van der Waals surface area contributed by atoms with Gasteiger partial charge in [0, 0.05) is 13.1 Å².